The van der Waals surface area contributed by atoms with Gasteiger partial charge >= 0.3 is 0 Å². The van der Waals surface area contributed by atoms with Crippen LogP contribution in [0.5, 0.6) is 0 Å². The topological polar surface area (TPSA) is 79.3 Å². The molecular formula is C21H32N6O2. The molecule has 1 N–H and O–H groups in total. The molecule has 158 valence electrons. The van der Waals surface area contributed by atoms with Crippen molar-refractivity contribution in [1.29, 1.82) is 0 Å². The number of nitrogens with one attached hydrogen (secondary N) is 1. The normalized spacial score (nSPS) is 17.7. The van der Waals surface area contributed by atoms with Gasteiger partial charge in [-0.25, -0.2) is 4.98 Å². The summed E-state index contributed by atoms with van der Waals surface area (Å²) in [5, 5.41) is 4.82. The number of hydrogen-bond acceptors (Lipinski definition) is 5. The fourth-order valence-electron chi connectivity index (χ4n) is 4.09. The molecule has 2 aromatic heterocycles. The van der Waals surface area contributed by atoms with Crippen molar-refractivity contribution in [3.05, 3.63) is 34.7 Å². The molecule has 0 unspecified atom stereocenters. The highest BCUT2D eigenvalue weighted by Gasteiger charge is 2.31. The molecule has 0 atom stereocenters. The Morgan fingerprint density at radius 3 is 2.76 bits per heavy atom. The second-order valence-electron chi connectivity index (χ2n) is 8.52. The molecule has 1 saturated heterocycles. The van der Waals surface area contributed by atoms with Crippen LogP contribution >= 0.6 is 0 Å². The van der Waals surface area contributed by atoms with Gasteiger partial charge in [0.2, 0.25) is 0 Å². The van der Waals surface area contributed by atoms with Crippen LogP contribution in [0.25, 0.3) is 0 Å². The van der Waals surface area contributed by atoms with E-state index in [2.05, 4.69) is 40.3 Å². The molecule has 4 heterocycles. The predicted molar refractivity (Wildman–Crippen MR) is 110 cm³/mol. The van der Waals surface area contributed by atoms with Gasteiger partial charge in [0.1, 0.15) is 0 Å². The van der Waals surface area contributed by atoms with Crippen molar-refractivity contribution in [2.45, 2.75) is 53.2 Å². The number of morpholine rings is 1. The summed E-state index contributed by atoms with van der Waals surface area (Å²) in [5.74, 6) is 0.654. The largest absolute Gasteiger partial charge is 0.378 e. The van der Waals surface area contributed by atoms with Gasteiger partial charge in [0.25, 0.3) is 5.91 Å². The standard InChI is InChI=1S/C21H32N6O2/c1-15(2)4-7-27-19-5-6-25(13-18-16(3)22-14-23-18)12-17(19)20(24-27)21(28)26-8-10-29-11-9-26/h14-15H,4-13H2,1-3H3,(H,22,23). The molecule has 2 aromatic rings. The van der Waals surface area contributed by atoms with E-state index >= 15 is 0 Å². The summed E-state index contributed by atoms with van der Waals surface area (Å²) < 4.78 is 7.52. The fourth-order valence-corrected chi connectivity index (χ4v) is 4.09. The van der Waals surface area contributed by atoms with Crippen LogP contribution in [0.15, 0.2) is 6.33 Å². The molecule has 0 radical (unpaired) electrons. The van der Waals surface area contributed by atoms with Gasteiger partial charge < -0.3 is 14.6 Å². The highest BCUT2D eigenvalue weighted by atomic mass is 16.5. The zero-order chi connectivity index (χ0) is 20.4. The maximum Gasteiger partial charge on any atom is 0.274 e. The minimum Gasteiger partial charge on any atom is -0.378 e. The first-order chi connectivity index (χ1) is 14.0. The number of ether oxygens (including phenoxy) is 1. The van der Waals surface area contributed by atoms with Crippen molar-refractivity contribution in [2.24, 2.45) is 5.92 Å². The van der Waals surface area contributed by atoms with Crippen molar-refractivity contribution in [3.8, 4) is 0 Å². The number of amides is 1. The van der Waals surface area contributed by atoms with Crippen LogP contribution in [0, 0.1) is 12.8 Å². The van der Waals surface area contributed by atoms with E-state index in [1.807, 2.05) is 4.90 Å². The molecule has 8 nitrogen and oxygen atoms in total. The van der Waals surface area contributed by atoms with Crippen molar-refractivity contribution < 1.29 is 9.53 Å². The summed E-state index contributed by atoms with van der Waals surface area (Å²) in [4.78, 5) is 25.1. The van der Waals surface area contributed by atoms with E-state index in [1.165, 1.54) is 5.69 Å². The number of fused-ring (bicyclic) bond motifs is 1. The summed E-state index contributed by atoms with van der Waals surface area (Å²) >= 11 is 0. The van der Waals surface area contributed by atoms with Crippen molar-refractivity contribution in [3.63, 3.8) is 0 Å². The van der Waals surface area contributed by atoms with E-state index in [4.69, 9.17) is 9.84 Å². The molecule has 0 bridgehead atoms. The van der Waals surface area contributed by atoms with Crippen LogP contribution < -0.4 is 0 Å². The molecule has 8 heteroatoms. The van der Waals surface area contributed by atoms with Crippen LogP contribution in [-0.4, -0.2) is 68.3 Å². The number of aromatic nitrogens is 4. The second kappa shape index (κ2) is 8.67. The zero-order valence-electron chi connectivity index (χ0n) is 17.8. The van der Waals surface area contributed by atoms with E-state index in [1.54, 1.807) is 6.33 Å². The quantitative estimate of drug-likeness (QED) is 0.802. The summed E-state index contributed by atoms with van der Waals surface area (Å²) in [5.41, 5.74) is 5.14. The van der Waals surface area contributed by atoms with Crippen LogP contribution in [0.2, 0.25) is 0 Å². The van der Waals surface area contributed by atoms with Crippen LogP contribution in [0.3, 0.4) is 0 Å². The van der Waals surface area contributed by atoms with Gasteiger partial charge in [0, 0.05) is 62.6 Å². The molecule has 1 fully saturated rings. The lowest BCUT2D eigenvalue weighted by atomic mass is 10.0. The van der Waals surface area contributed by atoms with E-state index < -0.39 is 0 Å². The lowest BCUT2D eigenvalue weighted by Gasteiger charge is -2.29. The third-order valence-corrected chi connectivity index (χ3v) is 5.94. The van der Waals surface area contributed by atoms with Crippen LogP contribution in [0.1, 0.15) is 53.4 Å². The number of carbonyl (C=O) groups excluding carboxylic acids is 1. The van der Waals surface area contributed by atoms with E-state index in [9.17, 15) is 4.79 Å². The Morgan fingerprint density at radius 2 is 2.07 bits per heavy atom. The zero-order valence-corrected chi connectivity index (χ0v) is 17.8. The van der Waals surface area contributed by atoms with E-state index in [0.717, 1.165) is 56.0 Å². The van der Waals surface area contributed by atoms with E-state index in [-0.39, 0.29) is 5.91 Å². The van der Waals surface area contributed by atoms with Gasteiger partial charge in [-0.2, -0.15) is 5.10 Å². The Labute approximate surface area is 172 Å². The van der Waals surface area contributed by atoms with E-state index in [0.29, 0.717) is 37.9 Å². The first kappa shape index (κ1) is 20.1. The predicted octanol–water partition coefficient (Wildman–Crippen LogP) is 1.99. The molecule has 0 spiro atoms. The maximum atomic E-state index is 13.3. The Hall–Kier alpha value is -2.19. The first-order valence-electron chi connectivity index (χ1n) is 10.7. The molecule has 0 aliphatic carbocycles. The minimum absolute atomic E-state index is 0.0469. The summed E-state index contributed by atoms with van der Waals surface area (Å²) in [6.07, 6.45) is 3.73. The van der Waals surface area contributed by atoms with Crippen LogP contribution in [-0.2, 0) is 30.8 Å². The molecule has 0 aromatic carbocycles. The Balaban J connectivity index is 1.59. The maximum absolute atomic E-state index is 13.3. The second-order valence-corrected chi connectivity index (χ2v) is 8.52. The third-order valence-electron chi connectivity index (χ3n) is 5.94. The summed E-state index contributed by atoms with van der Waals surface area (Å²) in [6.45, 7) is 12.4. The molecular weight excluding hydrogens is 368 g/mol. The third kappa shape index (κ3) is 4.38. The van der Waals surface area contributed by atoms with Gasteiger partial charge in [-0.05, 0) is 19.3 Å². The van der Waals surface area contributed by atoms with Crippen molar-refractivity contribution >= 4 is 5.91 Å². The monoisotopic (exact) mass is 400 g/mol. The average Bonchev–Trinajstić information content (AvgIpc) is 3.29. The number of imidazole rings is 1. The number of aryl methyl sites for hydroxylation is 2. The van der Waals surface area contributed by atoms with Crippen molar-refractivity contribution in [1.82, 2.24) is 29.5 Å². The first-order valence-corrected chi connectivity index (χ1v) is 10.7. The van der Waals surface area contributed by atoms with Gasteiger partial charge in [0.15, 0.2) is 5.69 Å². The molecule has 2 aliphatic heterocycles. The number of carbonyl (C=O) groups is 1. The molecule has 29 heavy (non-hydrogen) atoms. The summed E-state index contributed by atoms with van der Waals surface area (Å²) in [6, 6.07) is 0. The SMILES string of the molecule is Cc1[nH]cnc1CN1CCc2c(c(C(=O)N3CCOCC3)nn2CCC(C)C)C1. The number of hydrogen-bond donors (Lipinski definition) is 1. The number of nitrogens with zero attached hydrogens (tertiary/aromatic N) is 5. The number of H-pyrrole nitrogens is 1. The van der Waals surface area contributed by atoms with Gasteiger partial charge in [-0.15, -0.1) is 0 Å². The minimum atomic E-state index is 0.0469. The highest BCUT2D eigenvalue weighted by Crippen LogP contribution is 2.26. The van der Waals surface area contributed by atoms with Crippen molar-refractivity contribution in [2.75, 3.05) is 32.8 Å². The molecule has 2 aliphatic rings. The smallest absolute Gasteiger partial charge is 0.274 e. The fraction of sp³-hybridized carbons (Fsp3) is 0.667. The number of rotatable bonds is 6. The Bertz CT molecular complexity index is 849. The lowest BCUT2D eigenvalue weighted by molar-refractivity contribution is 0.0297. The van der Waals surface area contributed by atoms with Gasteiger partial charge in [0.05, 0.1) is 25.2 Å². The Kier molecular flexibility index (Phi) is 6.01. The summed E-state index contributed by atoms with van der Waals surface area (Å²) in [7, 11) is 0. The highest BCUT2D eigenvalue weighted by molar-refractivity contribution is 5.94. The molecule has 4 rings (SSSR count). The molecule has 1 amide bonds. The van der Waals surface area contributed by atoms with Gasteiger partial charge in [-0.3, -0.25) is 14.4 Å². The Morgan fingerprint density at radius 1 is 1.28 bits per heavy atom. The van der Waals surface area contributed by atoms with Crippen LogP contribution in [0.4, 0.5) is 0 Å². The lowest BCUT2D eigenvalue weighted by Crippen LogP contribution is -2.41. The van der Waals surface area contributed by atoms with Gasteiger partial charge in [-0.1, -0.05) is 13.8 Å². The molecule has 0 saturated carbocycles. The average molecular weight is 401 g/mol. The number of aromatic amines is 1.